The van der Waals surface area contributed by atoms with E-state index in [4.69, 9.17) is 0 Å². The molecule has 0 saturated carbocycles. The zero-order valence-electron chi connectivity index (χ0n) is 9.19. The number of hydrogen-bond donors (Lipinski definition) is 1. The maximum atomic E-state index is 11.7. The minimum Gasteiger partial charge on any atom is -0.355 e. The number of para-hydroxylation sites is 1. The Bertz CT molecular complexity index is 429. The van der Waals surface area contributed by atoms with Crippen molar-refractivity contribution in [1.29, 1.82) is 0 Å². The van der Waals surface area contributed by atoms with Crippen LogP contribution in [0.15, 0.2) is 24.3 Å². The molecule has 1 aliphatic rings. The third kappa shape index (κ3) is 2.05. The molecular weight excluding hydrogens is 204 g/mol. The molecule has 2 rings (SSSR count). The molecule has 1 aliphatic heterocycles. The summed E-state index contributed by atoms with van der Waals surface area (Å²) in [5.74, 6) is 0.0338. The van der Waals surface area contributed by atoms with Crippen LogP contribution in [0.5, 0.6) is 0 Å². The molecule has 16 heavy (non-hydrogen) atoms. The van der Waals surface area contributed by atoms with E-state index in [-0.39, 0.29) is 11.8 Å². The summed E-state index contributed by atoms with van der Waals surface area (Å²) in [5, 5.41) is 2.69. The molecule has 0 atom stereocenters. The van der Waals surface area contributed by atoms with Crippen molar-refractivity contribution in [3.05, 3.63) is 29.8 Å². The third-order valence-electron chi connectivity index (χ3n) is 2.63. The molecule has 2 amide bonds. The molecular formula is C12H14N2O2. The fourth-order valence-corrected chi connectivity index (χ4v) is 1.91. The van der Waals surface area contributed by atoms with Crippen LogP contribution in [0.2, 0.25) is 0 Å². The molecule has 0 aromatic heterocycles. The molecule has 1 aromatic rings. The summed E-state index contributed by atoms with van der Waals surface area (Å²) in [6.45, 7) is 2.50. The van der Waals surface area contributed by atoms with E-state index in [0.717, 1.165) is 11.3 Å². The molecule has 0 unspecified atom stereocenters. The van der Waals surface area contributed by atoms with E-state index in [9.17, 15) is 9.59 Å². The average molecular weight is 218 g/mol. The SMILES string of the molecule is CC(=O)NCCN1C(=O)Cc2ccccc21. The first-order chi connectivity index (χ1) is 7.68. The van der Waals surface area contributed by atoms with Gasteiger partial charge in [0.25, 0.3) is 0 Å². The van der Waals surface area contributed by atoms with Crippen LogP contribution < -0.4 is 10.2 Å². The van der Waals surface area contributed by atoms with Gasteiger partial charge in [0.2, 0.25) is 11.8 Å². The van der Waals surface area contributed by atoms with Crippen molar-refractivity contribution < 1.29 is 9.59 Å². The summed E-state index contributed by atoms with van der Waals surface area (Å²) in [6, 6.07) is 7.76. The van der Waals surface area contributed by atoms with E-state index in [1.165, 1.54) is 6.92 Å². The fourth-order valence-electron chi connectivity index (χ4n) is 1.91. The number of carbonyl (C=O) groups is 2. The lowest BCUT2D eigenvalue weighted by molar-refractivity contribution is -0.119. The molecule has 0 saturated heterocycles. The highest BCUT2D eigenvalue weighted by molar-refractivity contribution is 6.01. The number of nitrogens with one attached hydrogen (secondary N) is 1. The first-order valence-corrected chi connectivity index (χ1v) is 5.31. The minimum atomic E-state index is -0.0695. The lowest BCUT2D eigenvalue weighted by Gasteiger charge is -2.17. The number of nitrogens with zero attached hydrogens (tertiary/aromatic N) is 1. The van der Waals surface area contributed by atoms with E-state index in [1.807, 2.05) is 24.3 Å². The minimum absolute atomic E-state index is 0.0695. The normalized spacial score (nSPS) is 13.8. The van der Waals surface area contributed by atoms with Gasteiger partial charge in [-0.2, -0.15) is 0 Å². The topological polar surface area (TPSA) is 49.4 Å². The number of hydrogen-bond acceptors (Lipinski definition) is 2. The Kier molecular flexibility index (Phi) is 2.90. The summed E-state index contributed by atoms with van der Waals surface area (Å²) in [7, 11) is 0. The average Bonchev–Trinajstić information content (AvgIpc) is 2.55. The molecule has 84 valence electrons. The van der Waals surface area contributed by atoms with E-state index < -0.39 is 0 Å². The van der Waals surface area contributed by atoms with Crippen LogP contribution >= 0.6 is 0 Å². The summed E-state index contributed by atoms with van der Waals surface area (Å²) in [5.41, 5.74) is 2.04. The fraction of sp³-hybridized carbons (Fsp3) is 0.333. The van der Waals surface area contributed by atoms with E-state index >= 15 is 0 Å². The van der Waals surface area contributed by atoms with Gasteiger partial charge < -0.3 is 10.2 Å². The standard InChI is InChI=1S/C12H14N2O2/c1-9(15)13-6-7-14-11-5-3-2-4-10(11)8-12(14)16/h2-5H,6-8H2,1H3,(H,13,15). The number of amides is 2. The summed E-state index contributed by atoms with van der Waals surface area (Å²) in [4.78, 5) is 24.2. The highest BCUT2D eigenvalue weighted by Crippen LogP contribution is 2.27. The highest BCUT2D eigenvalue weighted by Gasteiger charge is 2.25. The van der Waals surface area contributed by atoms with Crippen molar-refractivity contribution in [1.82, 2.24) is 5.32 Å². The van der Waals surface area contributed by atoms with E-state index in [2.05, 4.69) is 5.32 Å². The summed E-state index contributed by atoms with van der Waals surface area (Å²) in [6.07, 6.45) is 0.468. The van der Waals surface area contributed by atoms with Gasteiger partial charge >= 0.3 is 0 Å². The number of fused-ring (bicyclic) bond motifs is 1. The molecule has 0 bridgehead atoms. The Morgan fingerprint density at radius 3 is 2.94 bits per heavy atom. The van der Waals surface area contributed by atoms with Gasteiger partial charge in [-0.15, -0.1) is 0 Å². The van der Waals surface area contributed by atoms with Gasteiger partial charge in [-0.3, -0.25) is 9.59 Å². The number of carbonyl (C=O) groups excluding carboxylic acids is 2. The van der Waals surface area contributed by atoms with Crippen LogP contribution in [0.1, 0.15) is 12.5 Å². The lowest BCUT2D eigenvalue weighted by Crippen LogP contribution is -2.35. The second-order valence-electron chi connectivity index (χ2n) is 3.83. The van der Waals surface area contributed by atoms with Crippen molar-refractivity contribution in [3.8, 4) is 0 Å². The Hall–Kier alpha value is -1.84. The van der Waals surface area contributed by atoms with Crippen molar-refractivity contribution in [2.24, 2.45) is 0 Å². The molecule has 0 aliphatic carbocycles. The smallest absolute Gasteiger partial charge is 0.231 e. The number of benzene rings is 1. The van der Waals surface area contributed by atoms with Crippen LogP contribution in [0.3, 0.4) is 0 Å². The zero-order chi connectivity index (χ0) is 11.5. The van der Waals surface area contributed by atoms with Gasteiger partial charge in [-0.1, -0.05) is 18.2 Å². The molecule has 1 heterocycles. The molecule has 4 heteroatoms. The second kappa shape index (κ2) is 4.35. The van der Waals surface area contributed by atoms with Gasteiger partial charge in [0.1, 0.15) is 0 Å². The maximum absolute atomic E-state index is 11.7. The molecule has 1 aromatic carbocycles. The van der Waals surface area contributed by atoms with E-state index in [1.54, 1.807) is 4.90 Å². The zero-order valence-corrected chi connectivity index (χ0v) is 9.19. The molecule has 0 radical (unpaired) electrons. The molecule has 4 nitrogen and oxygen atoms in total. The Morgan fingerprint density at radius 2 is 2.19 bits per heavy atom. The summed E-state index contributed by atoms with van der Waals surface area (Å²) >= 11 is 0. The van der Waals surface area contributed by atoms with Crippen LogP contribution in [-0.2, 0) is 16.0 Å². The van der Waals surface area contributed by atoms with Gasteiger partial charge in [0.15, 0.2) is 0 Å². The van der Waals surface area contributed by atoms with Crippen molar-refractivity contribution >= 4 is 17.5 Å². The Labute approximate surface area is 94.2 Å². The quantitative estimate of drug-likeness (QED) is 0.812. The van der Waals surface area contributed by atoms with Crippen molar-refractivity contribution in [3.63, 3.8) is 0 Å². The predicted octanol–water partition coefficient (Wildman–Crippen LogP) is 0.712. The first-order valence-electron chi connectivity index (χ1n) is 5.31. The molecule has 1 N–H and O–H groups in total. The Morgan fingerprint density at radius 1 is 1.44 bits per heavy atom. The predicted molar refractivity (Wildman–Crippen MR) is 61.2 cm³/mol. The van der Waals surface area contributed by atoms with E-state index in [0.29, 0.717) is 19.5 Å². The first kappa shape index (κ1) is 10.7. The lowest BCUT2D eigenvalue weighted by atomic mass is 10.2. The van der Waals surface area contributed by atoms with Gasteiger partial charge in [0, 0.05) is 25.7 Å². The van der Waals surface area contributed by atoms with Crippen molar-refractivity contribution in [2.45, 2.75) is 13.3 Å². The van der Waals surface area contributed by atoms with Crippen molar-refractivity contribution in [2.75, 3.05) is 18.0 Å². The molecule has 0 fully saturated rings. The second-order valence-corrected chi connectivity index (χ2v) is 3.83. The van der Waals surface area contributed by atoms with Gasteiger partial charge in [0.05, 0.1) is 6.42 Å². The van der Waals surface area contributed by atoms with Gasteiger partial charge in [-0.25, -0.2) is 0 Å². The number of anilines is 1. The van der Waals surface area contributed by atoms with Crippen LogP contribution in [0, 0.1) is 0 Å². The Balaban J connectivity index is 2.05. The largest absolute Gasteiger partial charge is 0.355 e. The summed E-state index contributed by atoms with van der Waals surface area (Å²) < 4.78 is 0. The molecule has 0 spiro atoms. The highest BCUT2D eigenvalue weighted by atomic mass is 16.2. The monoisotopic (exact) mass is 218 g/mol. The van der Waals surface area contributed by atoms with Crippen LogP contribution in [0.25, 0.3) is 0 Å². The van der Waals surface area contributed by atoms with Gasteiger partial charge in [-0.05, 0) is 11.6 Å². The third-order valence-corrected chi connectivity index (χ3v) is 2.63. The van der Waals surface area contributed by atoms with Crippen LogP contribution in [0.4, 0.5) is 5.69 Å². The van der Waals surface area contributed by atoms with Crippen LogP contribution in [-0.4, -0.2) is 24.9 Å². The maximum Gasteiger partial charge on any atom is 0.231 e. The number of rotatable bonds is 3.